The van der Waals surface area contributed by atoms with Crippen LogP contribution in [0.1, 0.15) is 18.5 Å². The Balaban J connectivity index is 1.65. The Hall–Kier alpha value is -2.40. The number of amides is 1. The van der Waals surface area contributed by atoms with Crippen molar-refractivity contribution in [3.63, 3.8) is 0 Å². The van der Waals surface area contributed by atoms with Gasteiger partial charge in [-0.15, -0.1) is 0 Å². The first-order valence-electron chi connectivity index (χ1n) is 8.34. The molecule has 5 nitrogen and oxygen atoms in total. The van der Waals surface area contributed by atoms with Crippen molar-refractivity contribution < 1.29 is 9.53 Å². The van der Waals surface area contributed by atoms with Crippen molar-refractivity contribution in [2.24, 2.45) is 5.92 Å². The largest absolute Gasteiger partial charge is 0.493 e. The molecule has 0 bridgehead atoms. The summed E-state index contributed by atoms with van der Waals surface area (Å²) in [5.41, 5.74) is 1.06. The van der Waals surface area contributed by atoms with E-state index in [4.69, 9.17) is 4.74 Å². The number of carbonyl (C=O) groups is 1. The number of rotatable bonds is 5. The lowest BCUT2D eigenvalue weighted by atomic mass is 10.0. The Morgan fingerprint density at radius 1 is 1.33 bits per heavy atom. The predicted molar refractivity (Wildman–Crippen MR) is 92.7 cm³/mol. The maximum absolute atomic E-state index is 12.9. The average Bonchev–Trinajstić information content (AvgIpc) is 2.67. The molecular weight excluding hydrogens is 302 g/mol. The van der Waals surface area contributed by atoms with E-state index in [1.807, 2.05) is 60.5 Å². The highest BCUT2D eigenvalue weighted by Crippen LogP contribution is 2.23. The minimum Gasteiger partial charge on any atom is -0.493 e. The van der Waals surface area contributed by atoms with Gasteiger partial charge in [0.05, 0.1) is 18.6 Å². The number of nitrogens with zero attached hydrogens (tertiary/aromatic N) is 2. The molecule has 1 aliphatic heterocycles. The van der Waals surface area contributed by atoms with Crippen LogP contribution in [-0.4, -0.2) is 42.0 Å². The van der Waals surface area contributed by atoms with E-state index in [0.717, 1.165) is 24.4 Å². The fourth-order valence-electron chi connectivity index (χ4n) is 2.93. The van der Waals surface area contributed by atoms with E-state index in [1.54, 1.807) is 6.20 Å². The summed E-state index contributed by atoms with van der Waals surface area (Å²) in [6, 6.07) is 13.6. The molecule has 126 valence electrons. The van der Waals surface area contributed by atoms with Crippen LogP contribution in [0.4, 0.5) is 0 Å². The minimum atomic E-state index is -0.192. The van der Waals surface area contributed by atoms with Crippen LogP contribution in [0.3, 0.4) is 0 Å². The Labute approximate surface area is 142 Å². The van der Waals surface area contributed by atoms with Crippen LogP contribution < -0.4 is 10.1 Å². The van der Waals surface area contributed by atoms with Crippen molar-refractivity contribution in [1.29, 1.82) is 0 Å². The van der Waals surface area contributed by atoms with E-state index < -0.39 is 0 Å². The summed E-state index contributed by atoms with van der Waals surface area (Å²) in [4.78, 5) is 19.0. The molecule has 24 heavy (non-hydrogen) atoms. The van der Waals surface area contributed by atoms with Gasteiger partial charge < -0.3 is 15.0 Å². The molecular formula is C19H23N3O2. The van der Waals surface area contributed by atoms with Crippen molar-refractivity contribution >= 4 is 5.91 Å². The molecule has 2 heterocycles. The SMILES string of the molecule is CC(COc1ccccc1)C(=O)N1CCNCC1c1cccnc1. The van der Waals surface area contributed by atoms with E-state index in [0.29, 0.717) is 13.2 Å². The third-order valence-electron chi connectivity index (χ3n) is 4.26. The zero-order valence-electron chi connectivity index (χ0n) is 13.9. The summed E-state index contributed by atoms with van der Waals surface area (Å²) in [6.07, 6.45) is 3.59. The van der Waals surface area contributed by atoms with Gasteiger partial charge >= 0.3 is 0 Å². The summed E-state index contributed by atoms with van der Waals surface area (Å²) in [5.74, 6) is 0.727. The first-order chi connectivity index (χ1) is 11.8. The van der Waals surface area contributed by atoms with Crippen LogP contribution in [0.25, 0.3) is 0 Å². The number of carbonyl (C=O) groups excluding carboxylic acids is 1. The predicted octanol–water partition coefficient (Wildman–Crippen LogP) is 2.27. The van der Waals surface area contributed by atoms with E-state index in [2.05, 4.69) is 10.3 Å². The van der Waals surface area contributed by atoms with Gasteiger partial charge in [0, 0.05) is 32.0 Å². The van der Waals surface area contributed by atoms with Gasteiger partial charge in [-0.2, -0.15) is 0 Å². The minimum absolute atomic E-state index is 0.0270. The van der Waals surface area contributed by atoms with Gasteiger partial charge in [0.15, 0.2) is 0 Å². The third kappa shape index (κ3) is 3.92. The number of para-hydroxylation sites is 1. The van der Waals surface area contributed by atoms with Gasteiger partial charge in [-0.1, -0.05) is 31.2 Å². The maximum atomic E-state index is 12.9. The van der Waals surface area contributed by atoms with Crippen LogP contribution in [0.15, 0.2) is 54.9 Å². The maximum Gasteiger partial charge on any atom is 0.229 e. The quantitative estimate of drug-likeness (QED) is 0.916. The molecule has 1 N–H and O–H groups in total. The van der Waals surface area contributed by atoms with Crippen molar-refractivity contribution in [2.45, 2.75) is 13.0 Å². The van der Waals surface area contributed by atoms with E-state index >= 15 is 0 Å². The molecule has 1 saturated heterocycles. The molecule has 1 aromatic heterocycles. The van der Waals surface area contributed by atoms with Crippen LogP contribution in [0, 0.1) is 5.92 Å². The smallest absolute Gasteiger partial charge is 0.229 e. The summed E-state index contributed by atoms with van der Waals surface area (Å²) in [5, 5.41) is 3.36. The molecule has 1 fully saturated rings. The Morgan fingerprint density at radius 2 is 2.17 bits per heavy atom. The molecule has 2 atom stereocenters. The number of nitrogens with one attached hydrogen (secondary N) is 1. The number of benzene rings is 1. The van der Waals surface area contributed by atoms with Gasteiger partial charge in [-0.05, 0) is 23.8 Å². The Bertz CT molecular complexity index is 648. The second-order valence-corrected chi connectivity index (χ2v) is 6.06. The van der Waals surface area contributed by atoms with Gasteiger partial charge in [0.25, 0.3) is 0 Å². The fourth-order valence-corrected chi connectivity index (χ4v) is 2.93. The lowest BCUT2D eigenvalue weighted by molar-refractivity contribution is -0.139. The molecule has 1 amide bonds. The summed E-state index contributed by atoms with van der Waals surface area (Å²) in [6.45, 7) is 4.58. The molecule has 2 unspecified atom stereocenters. The average molecular weight is 325 g/mol. The molecule has 0 radical (unpaired) electrons. The Kier molecular flexibility index (Phi) is 5.43. The number of hydrogen-bond donors (Lipinski definition) is 1. The van der Waals surface area contributed by atoms with Gasteiger partial charge in [-0.3, -0.25) is 9.78 Å². The highest BCUT2D eigenvalue weighted by molar-refractivity contribution is 5.79. The van der Waals surface area contributed by atoms with Crippen molar-refractivity contribution in [1.82, 2.24) is 15.2 Å². The lowest BCUT2D eigenvalue weighted by Gasteiger charge is -2.37. The van der Waals surface area contributed by atoms with E-state index in [9.17, 15) is 4.79 Å². The summed E-state index contributed by atoms with van der Waals surface area (Å²) in [7, 11) is 0. The van der Waals surface area contributed by atoms with Crippen molar-refractivity contribution in [3.05, 3.63) is 60.4 Å². The second-order valence-electron chi connectivity index (χ2n) is 6.06. The molecule has 0 aliphatic carbocycles. The molecule has 1 aromatic carbocycles. The van der Waals surface area contributed by atoms with E-state index in [-0.39, 0.29) is 17.9 Å². The second kappa shape index (κ2) is 7.93. The van der Waals surface area contributed by atoms with Gasteiger partial charge in [0.2, 0.25) is 5.91 Å². The standard InChI is InChI=1S/C19H23N3O2/c1-15(14-24-17-7-3-2-4-8-17)19(23)22-11-10-21-13-18(22)16-6-5-9-20-12-16/h2-9,12,15,18,21H,10-11,13-14H2,1H3. The van der Waals surface area contributed by atoms with E-state index in [1.165, 1.54) is 0 Å². The monoisotopic (exact) mass is 325 g/mol. The third-order valence-corrected chi connectivity index (χ3v) is 4.26. The van der Waals surface area contributed by atoms with Crippen LogP contribution in [-0.2, 0) is 4.79 Å². The number of pyridine rings is 1. The summed E-state index contributed by atoms with van der Waals surface area (Å²) >= 11 is 0. The van der Waals surface area contributed by atoms with Crippen molar-refractivity contribution in [3.8, 4) is 5.75 Å². The fraction of sp³-hybridized carbons (Fsp3) is 0.368. The number of aromatic nitrogens is 1. The lowest BCUT2D eigenvalue weighted by Crippen LogP contribution is -2.50. The van der Waals surface area contributed by atoms with Gasteiger partial charge in [-0.25, -0.2) is 0 Å². The first-order valence-corrected chi connectivity index (χ1v) is 8.34. The first kappa shape index (κ1) is 16.5. The number of ether oxygens (including phenoxy) is 1. The molecule has 1 aliphatic rings. The number of hydrogen-bond acceptors (Lipinski definition) is 4. The zero-order valence-corrected chi connectivity index (χ0v) is 13.9. The normalized spacial score (nSPS) is 18.9. The van der Waals surface area contributed by atoms with Crippen LogP contribution in [0.5, 0.6) is 5.75 Å². The van der Waals surface area contributed by atoms with Crippen molar-refractivity contribution in [2.75, 3.05) is 26.2 Å². The molecule has 5 heteroatoms. The topological polar surface area (TPSA) is 54.5 Å². The molecule has 0 saturated carbocycles. The Morgan fingerprint density at radius 3 is 2.92 bits per heavy atom. The number of piperazine rings is 1. The molecule has 3 rings (SSSR count). The summed E-state index contributed by atoms with van der Waals surface area (Å²) < 4.78 is 5.75. The molecule has 2 aromatic rings. The molecule has 0 spiro atoms. The highest BCUT2D eigenvalue weighted by atomic mass is 16.5. The van der Waals surface area contributed by atoms with Gasteiger partial charge in [0.1, 0.15) is 5.75 Å². The highest BCUT2D eigenvalue weighted by Gasteiger charge is 2.30. The zero-order chi connectivity index (χ0) is 16.8. The van der Waals surface area contributed by atoms with Crippen LogP contribution >= 0.6 is 0 Å². The van der Waals surface area contributed by atoms with Crippen LogP contribution in [0.2, 0.25) is 0 Å².